The average molecular weight is 260 g/mol. The van der Waals surface area contributed by atoms with Gasteiger partial charge in [0, 0.05) is 18.6 Å². The van der Waals surface area contributed by atoms with Gasteiger partial charge in [0.25, 0.3) is 0 Å². The van der Waals surface area contributed by atoms with Crippen molar-refractivity contribution in [2.75, 3.05) is 13.1 Å². The molecule has 0 aromatic rings. The molecule has 2 atom stereocenters. The molecule has 0 unspecified atom stereocenters. The zero-order chi connectivity index (χ0) is 12.7. The Morgan fingerprint density at radius 3 is 2.41 bits per heavy atom. The van der Waals surface area contributed by atoms with Gasteiger partial charge in [0.2, 0.25) is 10.0 Å². The molecule has 2 aliphatic heterocycles. The van der Waals surface area contributed by atoms with Crippen LogP contribution in [0.25, 0.3) is 0 Å². The molecule has 2 heterocycles. The summed E-state index contributed by atoms with van der Waals surface area (Å²) in [6.07, 6.45) is 4.29. The van der Waals surface area contributed by atoms with Gasteiger partial charge in [-0.05, 0) is 53.0 Å². The van der Waals surface area contributed by atoms with Crippen LogP contribution < -0.4 is 5.32 Å². The molecule has 0 aromatic heterocycles. The van der Waals surface area contributed by atoms with E-state index in [-0.39, 0.29) is 6.04 Å². The lowest BCUT2D eigenvalue weighted by atomic mass is 10.1. The lowest BCUT2D eigenvalue weighted by Gasteiger charge is -2.33. The summed E-state index contributed by atoms with van der Waals surface area (Å²) in [7, 11) is -3.17. The van der Waals surface area contributed by atoms with Gasteiger partial charge in [-0.2, -0.15) is 4.31 Å². The van der Waals surface area contributed by atoms with Crippen molar-refractivity contribution in [1.82, 2.24) is 9.62 Å². The minimum atomic E-state index is -3.17. The zero-order valence-electron chi connectivity index (χ0n) is 11.1. The minimum absolute atomic E-state index is 0.182. The van der Waals surface area contributed by atoms with Crippen LogP contribution in [0.5, 0.6) is 0 Å². The van der Waals surface area contributed by atoms with Crippen LogP contribution in [0, 0.1) is 0 Å². The molecule has 1 N–H and O–H groups in total. The number of rotatable bonds is 2. The lowest BCUT2D eigenvalue weighted by molar-refractivity contribution is 0.314. The standard InChI is InChI=1S/C12H24N2O2S/c1-12(2,3)17(15,16)14-9-5-7-11(14)10-6-4-8-13-10/h10-11,13H,4-9H2,1-3H3/t10-,11-/m0/s1. The Kier molecular flexibility index (Phi) is 3.54. The Bertz CT molecular complexity index is 366. The third kappa shape index (κ3) is 2.37. The topological polar surface area (TPSA) is 49.4 Å². The first-order chi connectivity index (χ1) is 7.84. The highest BCUT2D eigenvalue weighted by Crippen LogP contribution is 2.32. The second-order valence-corrected chi connectivity index (χ2v) is 8.78. The molecule has 2 saturated heterocycles. The van der Waals surface area contributed by atoms with E-state index in [9.17, 15) is 8.42 Å². The molecule has 4 nitrogen and oxygen atoms in total. The van der Waals surface area contributed by atoms with Crippen molar-refractivity contribution in [2.24, 2.45) is 0 Å². The molecule has 0 aromatic carbocycles. The molecular weight excluding hydrogens is 236 g/mol. The molecular formula is C12H24N2O2S. The fourth-order valence-corrected chi connectivity index (χ4v) is 4.54. The van der Waals surface area contributed by atoms with Crippen LogP contribution in [0.2, 0.25) is 0 Å². The quantitative estimate of drug-likeness (QED) is 0.815. The van der Waals surface area contributed by atoms with Crippen molar-refractivity contribution in [3.63, 3.8) is 0 Å². The second kappa shape index (κ2) is 4.52. The number of sulfonamides is 1. The van der Waals surface area contributed by atoms with E-state index >= 15 is 0 Å². The van der Waals surface area contributed by atoms with E-state index < -0.39 is 14.8 Å². The fraction of sp³-hybridized carbons (Fsp3) is 1.00. The average Bonchev–Trinajstić information content (AvgIpc) is 2.86. The largest absolute Gasteiger partial charge is 0.312 e. The fourth-order valence-electron chi connectivity index (χ4n) is 2.86. The van der Waals surface area contributed by atoms with Gasteiger partial charge in [0.1, 0.15) is 0 Å². The van der Waals surface area contributed by atoms with Crippen LogP contribution in [0.15, 0.2) is 0 Å². The first-order valence-corrected chi connectivity index (χ1v) is 8.03. The van der Waals surface area contributed by atoms with Gasteiger partial charge in [-0.25, -0.2) is 8.42 Å². The van der Waals surface area contributed by atoms with Crippen molar-refractivity contribution >= 4 is 10.0 Å². The Balaban J connectivity index is 2.20. The summed E-state index contributed by atoms with van der Waals surface area (Å²) in [5.74, 6) is 0. The molecule has 0 saturated carbocycles. The number of nitrogens with one attached hydrogen (secondary N) is 1. The van der Waals surface area contributed by atoms with Crippen LogP contribution >= 0.6 is 0 Å². The normalized spacial score (nSPS) is 32.2. The van der Waals surface area contributed by atoms with E-state index in [2.05, 4.69) is 5.32 Å². The molecule has 5 heteroatoms. The summed E-state index contributed by atoms with van der Waals surface area (Å²) in [5.41, 5.74) is 0. The van der Waals surface area contributed by atoms with Gasteiger partial charge >= 0.3 is 0 Å². The smallest absolute Gasteiger partial charge is 0.219 e. The third-order valence-electron chi connectivity index (χ3n) is 3.89. The van der Waals surface area contributed by atoms with Crippen LogP contribution in [0.4, 0.5) is 0 Å². The second-order valence-electron chi connectivity index (χ2n) is 6.14. The summed E-state index contributed by atoms with van der Waals surface area (Å²) in [6.45, 7) is 7.10. The minimum Gasteiger partial charge on any atom is -0.312 e. The van der Waals surface area contributed by atoms with E-state index in [0.717, 1.165) is 25.8 Å². The molecule has 2 rings (SSSR count). The zero-order valence-corrected chi connectivity index (χ0v) is 11.9. The van der Waals surface area contributed by atoms with Gasteiger partial charge < -0.3 is 5.32 Å². The molecule has 17 heavy (non-hydrogen) atoms. The summed E-state index contributed by atoms with van der Waals surface area (Å²) < 4.78 is 26.1. The van der Waals surface area contributed by atoms with Gasteiger partial charge in [0.05, 0.1) is 4.75 Å². The lowest BCUT2D eigenvalue weighted by Crippen LogP contribution is -2.51. The Morgan fingerprint density at radius 1 is 1.18 bits per heavy atom. The van der Waals surface area contributed by atoms with E-state index in [1.54, 1.807) is 25.1 Å². The SMILES string of the molecule is CC(C)(C)S(=O)(=O)N1CCC[C@H]1[C@@H]1CCCN1. The molecule has 0 bridgehead atoms. The highest BCUT2D eigenvalue weighted by molar-refractivity contribution is 7.90. The molecule has 100 valence electrons. The number of hydrogen-bond donors (Lipinski definition) is 1. The molecule has 0 amide bonds. The summed E-state index contributed by atoms with van der Waals surface area (Å²) in [6, 6.07) is 0.552. The van der Waals surface area contributed by atoms with E-state index in [1.165, 1.54) is 6.42 Å². The van der Waals surface area contributed by atoms with Gasteiger partial charge in [-0.15, -0.1) is 0 Å². The monoisotopic (exact) mass is 260 g/mol. The van der Waals surface area contributed by atoms with Crippen LogP contribution in [-0.2, 0) is 10.0 Å². The first kappa shape index (κ1) is 13.3. The van der Waals surface area contributed by atoms with Crippen molar-refractivity contribution in [3.05, 3.63) is 0 Å². The highest BCUT2D eigenvalue weighted by Gasteiger charge is 2.44. The maximum atomic E-state index is 12.5. The van der Waals surface area contributed by atoms with Crippen LogP contribution in [0.3, 0.4) is 0 Å². The van der Waals surface area contributed by atoms with Gasteiger partial charge in [-0.1, -0.05) is 0 Å². The van der Waals surface area contributed by atoms with Crippen molar-refractivity contribution in [3.8, 4) is 0 Å². The molecule has 0 aliphatic carbocycles. The van der Waals surface area contributed by atoms with Gasteiger partial charge in [-0.3, -0.25) is 0 Å². The predicted octanol–water partition coefficient (Wildman–Crippen LogP) is 1.33. The van der Waals surface area contributed by atoms with Gasteiger partial charge in [0.15, 0.2) is 0 Å². The van der Waals surface area contributed by atoms with E-state index in [1.807, 2.05) is 0 Å². The van der Waals surface area contributed by atoms with Crippen molar-refractivity contribution in [1.29, 1.82) is 0 Å². The summed E-state index contributed by atoms with van der Waals surface area (Å²) in [5, 5.41) is 3.45. The molecule has 2 fully saturated rings. The number of hydrogen-bond acceptors (Lipinski definition) is 3. The van der Waals surface area contributed by atoms with Crippen LogP contribution in [-0.4, -0.2) is 42.6 Å². The highest BCUT2D eigenvalue weighted by atomic mass is 32.2. The maximum Gasteiger partial charge on any atom is 0.219 e. The van der Waals surface area contributed by atoms with Crippen molar-refractivity contribution in [2.45, 2.75) is 63.3 Å². The Morgan fingerprint density at radius 2 is 1.88 bits per heavy atom. The third-order valence-corrected chi connectivity index (χ3v) is 6.51. The number of nitrogens with zero attached hydrogens (tertiary/aromatic N) is 1. The maximum absolute atomic E-state index is 12.5. The summed E-state index contributed by atoms with van der Waals surface area (Å²) >= 11 is 0. The van der Waals surface area contributed by atoms with Crippen LogP contribution in [0.1, 0.15) is 46.5 Å². The predicted molar refractivity (Wildman–Crippen MR) is 69.4 cm³/mol. The van der Waals surface area contributed by atoms with E-state index in [4.69, 9.17) is 0 Å². The summed E-state index contributed by atoms with van der Waals surface area (Å²) in [4.78, 5) is 0. The van der Waals surface area contributed by atoms with E-state index in [0.29, 0.717) is 12.6 Å². The van der Waals surface area contributed by atoms with Crippen molar-refractivity contribution < 1.29 is 8.42 Å². The first-order valence-electron chi connectivity index (χ1n) is 6.59. The molecule has 0 spiro atoms. The molecule has 0 radical (unpaired) electrons. The Labute approximate surface area is 105 Å². The molecule has 2 aliphatic rings. The Hall–Kier alpha value is -0.130.